The van der Waals surface area contributed by atoms with Crippen molar-refractivity contribution in [2.45, 2.75) is 6.54 Å². The predicted octanol–water partition coefficient (Wildman–Crippen LogP) is 2.76. The van der Waals surface area contributed by atoms with Crippen molar-refractivity contribution in [3.8, 4) is 5.69 Å². The van der Waals surface area contributed by atoms with Crippen LogP contribution in [0.15, 0.2) is 53.6 Å². The van der Waals surface area contributed by atoms with E-state index in [4.69, 9.17) is 11.6 Å². The van der Waals surface area contributed by atoms with Gasteiger partial charge in [0.25, 0.3) is 0 Å². The summed E-state index contributed by atoms with van der Waals surface area (Å²) in [7, 11) is 1.66. The SMILES string of the molecule is Cn1c(=O)n(Cc2cnn(-c3ccc(F)cc3)c2)c2ccc(Cl)nc21. The molecule has 0 unspecified atom stereocenters. The van der Waals surface area contributed by atoms with Gasteiger partial charge in [-0.2, -0.15) is 5.10 Å². The number of pyridine rings is 1. The molecule has 0 N–H and O–H groups in total. The molecule has 0 spiro atoms. The zero-order valence-corrected chi connectivity index (χ0v) is 14.0. The Balaban J connectivity index is 1.72. The van der Waals surface area contributed by atoms with Crippen LogP contribution in [0, 0.1) is 5.82 Å². The van der Waals surface area contributed by atoms with Gasteiger partial charge in [0.15, 0.2) is 5.65 Å². The van der Waals surface area contributed by atoms with Crippen LogP contribution < -0.4 is 5.69 Å². The number of nitrogens with zero attached hydrogens (tertiary/aromatic N) is 5. The first-order valence-electron chi connectivity index (χ1n) is 7.54. The standard InChI is InChI=1S/C17H13ClFN5O/c1-22-16-14(6-7-15(18)21-16)23(17(22)25)9-11-8-20-24(10-11)13-4-2-12(19)3-5-13/h2-8,10H,9H2,1H3. The summed E-state index contributed by atoms with van der Waals surface area (Å²) >= 11 is 5.92. The smallest absolute Gasteiger partial charge is 0.286 e. The third kappa shape index (κ3) is 2.72. The molecule has 0 bridgehead atoms. The van der Waals surface area contributed by atoms with Gasteiger partial charge in [0.05, 0.1) is 23.9 Å². The monoisotopic (exact) mass is 357 g/mol. The van der Waals surface area contributed by atoms with E-state index in [2.05, 4.69) is 10.1 Å². The number of halogens is 2. The fraction of sp³-hybridized carbons (Fsp3) is 0.118. The van der Waals surface area contributed by atoms with Gasteiger partial charge >= 0.3 is 5.69 Å². The van der Waals surface area contributed by atoms with E-state index in [1.165, 1.54) is 16.7 Å². The van der Waals surface area contributed by atoms with Crippen molar-refractivity contribution in [1.29, 1.82) is 0 Å². The maximum absolute atomic E-state index is 13.0. The maximum atomic E-state index is 13.0. The summed E-state index contributed by atoms with van der Waals surface area (Å²) in [5.41, 5.74) is 2.63. The van der Waals surface area contributed by atoms with Crippen LogP contribution in [0.3, 0.4) is 0 Å². The van der Waals surface area contributed by atoms with Crippen LogP contribution in [-0.2, 0) is 13.6 Å². The molecule has 6 nitrogen and oxygen atoms in total. The molecule has 126 valence electrons. The first-order chi connectivity index (χ1) is 12.0. The number of imidazole rings is 1. The first-order valence-corrected chi connectivity index (χ1v) is 7.92. The minimum absolute atomic E-state index is 0.181. The molecule has 25 heavy (non-hydrogen) atoms. The Morgan fingerprint density at radius 2 is 1.92 bits per heavy atom. The lowest BCUT2D eigenvalue weighted by molar-refractivity contribution is 0.627. The van der Waals surface area contributed by atoms with Gasteiger partial charge < -0.3 is 0 Å². The normalized spacial score (nSPS) is 11.3. The number of aromatic nitrogens is 5. The van der Waals surface area contributed by atoms with Gasteiger partial charge in [0.1, 0.15) is 11.0 Å². The van der Waals surface area contributed by atoms with Crippen molar-refractivity contribution >= 4 is 22.8 Å². The van der Waals surface area contributed by atoms with Crippen LogP contribution in [-0.4, -0.2) is 23.9 Å². The topological polar surface area (TPSA) is 57.6 Å². The van der Waals surface area contributed by atoms with Crippen LogP contribution in [0.25, 0.3) is 16.9 Å². The highest BCUT2D eigenvalue weighted by molar-refractivity contribution is 6.29. The number of aryl methyl sites for hydroxylation is 1. The molecule has 0 aliphatic rings. The van der Waals surface area contributed by atoms with Gasteiger partial charge in [-0.3, -0.25) is 9.13 Å². The second-order valence-corrected chi connectivity index (χ2v) is 6.06. The quantitative estimate of drug-likeness (QED) is 0.530. The minimum atomic E-state index is -0.301. The van der Waals surface area contributed by atoms with Gasteiger partial charge in [-0.25, -0.2) is 18.9 Å². The molecule has 4 aromatic rings. The Kier molecular flexibility index (Phi) is 3.65. The van der Waals surface area contributed by atoms with Crippen molar-refractivity contribution in [3.63, 3.8) is 0 Å². The summed E-state index contributed by atoms with van der Waals surface area (Å²) in [4.78, 5) is 16.7. The number of fused-ring (bicyclic) bond motifs is 1. The Morgan fingerprint density at radius 3 is 2.68 bits per heavy atom. The Hall–Kier alpha value is -2.93. The first kappa shape index (κ1) is 15.6. The average Bonchev–Trinajstić information content (AvgIpc) is 3.15. The van der Waals surface area contributed by atoms with Crippen LogP contribution >= 0.6 is 11.6 Å². The molecule has 0 aliphatic heterocycles. The molecule has 0 atom stereocenters. The Bertz CT molecular complexity index is 1130. The van der Waals surface area contributed by atoms with E-state index >= 15 is 0 Å². The lowest BCUT2D eigenvalue weighted by Gasteiger charge is -2.01. The molecule has 0 saturated heterocycles. The minimum Gasteiger partial charge on any atom is -0.286 e. The second kappa shape index (κ2) is 5.86. The van der Waals surface area contributed by atoms with Gasteiger partial charge in [0, 0.05) is 18.8 Å². The number of rotatable bonds is 3. The van der Waals surface area contributed by atoms with Crippen LogP contribution in [0.5, 0.6) is 0 Å². The highest BCUT2D eigenvalue weighted by Gasteiger charge is 2.13. The lowest BCUT2D eigenvalue weighted by Crippen LogP contribution is -2.22. The van der Waals surface area contributed by atoms with E-state index in [-0.39, 0.29) is 11.5 Å². The Labute approximate surface area is 146 Å². The summed E-state index contributed by atoms with van der Waals surface area (Å²) in [6.45, 7) is 0.348. The van der Waals surface area contributed by atoms with Gasteiger partial charge in [-0.1, -0.05) is 11.6 Å². The van der Waals surface area contributed by atoms with E-state index in [0.717, 1.165) is 11.3 Å². The fourth-order valence-corrected chi connectivity index (χ4v) is 2.91. The molecule has 0 saturated carbocycles. The molecule has 0 fully saturated rings. The molecular weight excluding hydrogens is 345 g/mol. The summed E-state index contributed by atoms with van der Waals surface area (Å²) in [6.07, 6.45) is 3.49. The van der Waals surface area contributed by atoms with Gasteiger partial charge in [-0.05, 0) is 36.4 Å². The van der Waals surface area contributed by atoms with E-state index in [1.807, 2.05) is 6.20 Å². The Morgan fingerprint density at radius 1 is 1.16 bits per heavy atom. The summed E-state index contributed by atoms with van der Waals surface area (Å²) < 4.78 is 17.8. The molecule has 4 rings (SSSR count). The van der Waals surface area contributed by atoms with Crippen molar-refractivity contribution in [3.05, 3.63) is 75.8 Å². The molecular formula is C17H13ClFN5O. The molecule has 1 aromatic carbocycles. The predicted molar refractivity (Wildman–Crippen MR) is 92.6 cm³/mol. The molecule has 3 heterocycles. The third-order valence-electron chi connectivity index (χ3n) is 4.01. The number of benzene rings is 1. The van der Waals surface area contributed by atoms with Crippen molar-refractivity contribution in [2.24, 2.45) is 7.05 Å². The zero-order chi connectivity index (χ0) is 17.6. The zero-order valence-electron chi connectivity index (χ0n) is 13.2. The second-order valence-electron chi connectivity index (χ2n) is 5.67. The summed E-state index contributed by atoms with van der Waals surface area (Å²) in [5.74, 6) is -0.301. The van der Waals surface area contributed by atoms with Crippen LogP contribution in [0.2, 0.25) is 5.15 Å². The van der Waals surface area contributed by atoms with E-state index in [0.29, 0.717) is 22.9 Å². The highest BCUT2D eigenvalue weighted by Crippen LogP contribution is 2.16. The largest absolute Gasteiger partial charge is 0.330 e. The van der Waals surface area contributed by atoms with Crippen LogP contribution in [0.4, 0.5) is 4.39 Å². The van der Waals surface area contributed by atoms with E-state index < -0.39 is 0 Å². The van der Waals surface area contributed by atoms with Gasteiger partial charge in [-0.15, -0.1) is 0 Å². The molecule has 0 radical (unpaired) electrons. The maximum Gasteiger partial charge on any atom is 0.330 e. The molecule has 3 aromatic heterocycles. The molecule has 0 amide bonds. The molecule has 8 heteroatoms. The number of hydrogen-bond donors (Lipinski definition) is 0. The average molecular weight is 358 g/mol. The fourth-order valence-electron chi connectivity index (χ4n) is 2.76. The van der Waals surface area contributed by atoms with Crippen molar-refractivity contribution in [2.75, 3.05) is 0 Å². The summed E-state index contributed by atoms with van der Waals surface area (Å²) in [6, 6.07) is 9.46. The van der Waals surface area contributed by atoms with Gasteiger partial charge in [0.2, 0.25) is 0 Å². The number of hydrogen-bond acceptors (Lipinski definition) is 3. The highest BCUT2D eigenvalue weighted by atomic mass is 35.5. The summed E-state index contributed by atoms with van der Waals surface area (Å²) in [5, 5.41) is 4.62. The van der Waals surface area contributed by atoms with E-state index in [1.54, 1.807) is 46.8 Å². The van der Waals surface area contributed by atoms with E-state index in [9.17, 15) is 9.18 Å². The van der Waals surface area contributed by atoms with Crippen molar-refractivity contribution < 1.29 is 4.39 Å². The van der Waals surface area contributed by atoms with Crippen LogP contribution in [0.1, 0.15) is 5.56 Å². The molecule has 0 aliphatic carbocycles. The van der Waals surface area contributed by atoms with Crippen molar-refractivity contribution in [1.82, 2.24) is 23.9 Å². The lowest BCUT2D eigenvalue weighted by atomic mass is 10.3. The third-order valence-corrected chi connectivity index (χ3v) is 4.23.